The summed E-state index contributed by atoms with van der Waals surface area (Å²) in [7, 11) is 1.81. The first kappa shape index (κ1) is 22.8. The summed E-state index contributed by atoms with van der Waals surface area (Å²) in [4.78, 5) is 28.0. The highest BCUT2D eigenvalue weighted by Crippen LogP contribution is 2.64. The Morgan fingerprint density at radius 3 is 2.97 bits per heavy atom. The molecule has 2 aromatic rings. The van der Waals surface area contributed by atoms with Crippen LogP contribution >= 0.6 is 0 Å². The summed E-state index contributed by atoms with van der Waals surface area (Å²) in [5.74, 6) is 0.775. The Kier molecular flexibility index (Phi) is 5.22. The zero-order valence-electron chi connectivity index (χ0n) is 20.1. The van der Waals surface area contributed by atoms with Crippen LogP contribution in [0.15, 0.2) is 53.5 Å². The lowest BCUT2D eigenvalue weighted by Crippen LogP contribution is -2.69. The molecule has 1 aromatic carbocycles. The molecule has 1 N–H and O–H groups in total. The van der Waals surface area contributed by atoms with Gasteiger partial charge in [0.1, 0.15) is 6.10 Å². The van der Waals surface area contributed by atoms with Crippen molar-refractivity contribution in [2.45, 2.75) is 49.3 Å². The van der Waals surface area contributed by atoms with Gasteiger partial charge in [-0.15, -0.1) is 0 Å². The number of phenols is 1. The molecule has 6 rings (SSSR count). The number of hydrogen-bond donors (Lipinski definition) is 1. The molecule has 2 aliphatic carbocycles. The van der Waals surface area contributed by atoms with Crippen molar-refractivity contribution in [1.29, 1.82) is 0 Å². The molecule has 3 heterocycles. The minimum Gasteiger partial charge on any atom is -0.504 e. The van der Waals surface area contributed by atoms with E-state index >= 15 is 0 Å². The summed E-state index contributed by atoms with van der Waals surface area (Å²) in [5, 5.41) is 22.1. The summed E-state index contributed by atoms with van der Waals surface area (Å²) in [6.07, 6.45) is 9.26. The molecule has 0 unspecified atom stereocenters. The first-order chi connectivity index (χ1) is 17.3. The van der Waals surface area contributed by atoms with E-state index in [0.717, 1.165) is 42.4 Å². The molecular formula is C27H29N3O6. The number of carbonyl (C=O) groups excluding carboxylic acids is 1. The van der Waals surface area contributed by atoms with Gasteiger partial charge in [0.2, 0.25) is 5.91 Å². The topological polar surface area (TPSA) is 109 Å². The molecule has 1 saturated carbocycles. The third kappa shape index (κ3) is 3.22. The highest BCUT2D eigenvalue weighted by atomic mass is 16.6. The second-order valence-corrected chi connectivity index (χ2v) is 10.4. The van der Waals surface area contributed by atoms with E-state index < -0.39 is 4.92 Å². The molecule has 2 aliphatic heterocycles. The minimum absolute atomic E-state index is 0.00536. The van der Waals surface area contributed by atoms with Crippen molar-refractivity contribution in [3.05, 3.63) is 75.9 Å². The predicted molar refractivity (Wildman–Crippen MR) is 131 cm³/mol. The Balaban J connectivity index is 1.35. The Hall–Kier alpha value is -3.59. The summed E-state index contributed by atoms with van der Waals surface area (Å²) < 4.78 is 11.7. The van der Waals surface area contributed by atoms with Crippen molar-refractivity contribution in [2.75, 3.05) is 20.1 Å². The maximum Gasteiger partial charge on any atom is 0.253 e. The summed E-state index contributed by atoms with van der Waals surface area (Å²) in [6.45, 7) is 4.58. The number of likely N-dealkylation sites (tertiary alicyclic amines) is 1. The van der Waals surface area contributed by atoms with Crippen LogP contribution in [0, 0.1) is 16.0 Å². The molecule has 1 amide bonds. The number of nitro groups is 1. The van der Waals surface area contributed by atoms with Gasteiger partial charge in [-0.2, -0.15) is 0 Å². The Labute approximate surface area is 208 Å². The largest absolute Gasteiger partial charge is 0.504 e. The van der Waals surface area contributed by atoms with Gasteiger partial charge in [0, 0.05) is 42.3 Å². The zero-order chi connectivity index (χ0) is 25.2. The first-order valence-electron chi connectivity index (χ1n) is 12.4. The maximum absolute atomic E-state index is 13.2. The third-order valence-electron chi connectivity index (χ3n) is 8.85. The monoisotopic (exact) mass is 491 g/mol. The van der Waals surface area contributed by atoms with Gasteiger partial charge < -0.3 is 19.2 Å². The Bertz CT molecular complexity index is 1270. The van der Waals surface area contributed by atoms with Crippen LogP contribution in [0.25, 0.3) is 6.08 Å². The van der Waals surface area contributed by atoms with Gasteiger partial charge in [-0.1, -0.05) is 6.07 Å². The number of likely N-dealkylation sites (N-methyl/N-ethyl adjacent to an activating group) is 1. The molecule has 5 atom stereocenters. The number of nitrogens with zero attached hydrogens (tertiary/aromatic N) is 3. The van der Waals surface area contributed by atoms with Crippen LogP contribution in [0.1, 0.15) is 36.0 Å². The summed E-state index contributed by atoms with van der Waals surface area (Å²) in [5.41, 5.74) is 2.69. The highest BCUT2D eigenvalue weighted by molar-refractivity contribution is 5.91. The first-order valence-corrected chi connectivity index (χ1v) is 12.4. The molecule has 9 nitrogen and oxygen atoms in total. The lowest BCUT2D eigenvalue weighted by Gasteiger charge is -2.60. The fourth-order valence-electron chi connectivity index (χ4n) is 7.30. The van der Waals surface area contributed by atoms with Crippen LogP contribution in [0.2, 0.25) is 0 Å². The fourth-order valence-corrected chi connectivity index (χ4v) is 7.30. The summed E-state index contributed by atoms with van der Waals surface area (Å²) >= 11 is 0. The number of piperidine rings is 1. The number of ether oxygens (including phenoxy) is 1. The van der Waals surface area contributed by atoms with Crippen molar-refractivity contribution >= 4 is 12.0 Å². The summed E-state index contributed by atoms with van der Waals surface area (Å²) in [6, 6.07) is 5.38. The van der Waals surface area contributed by atoms with E-state index in [9.17, 15) is 20.0 Å². The van der Waals surface area contributed by atoms with Crippen molar-refractivity contribution in [3.8, 4) is 11.5 Å². The van der Waals surface area contributed by atoms with Gasteiger partial charge >= 0.3 is 0 Å². The van der Waals surface area contributed by atoms with Gasteiger partial charge in [-0.25, -0.2) is 0 Å². The average molecular weight is 492 g/mol. The smallest absolute Gasteiger partial charge is 0.253 e. The third-order valence-corrected chi connectivity index (χ3v) is 8.85. The molecule has 0 radical (unpaired) electrons. The van der Waals surface area contributed by atoms with Gasteiger partial charge in [0.25, 0.3) is 5.70 Å². The molecule has 188 valence electrons. The van der Waals surface area contributed by atoms with E-state index in [-0.39, 0.29) is 53.4 Å². The van der Waals surface area contributed by atoms with Crippen molar-refractivity contribution in [3.63, 3.8) is 0 Å². The van der Waals surface area contributed by atoms with Crippen LogP contribution < -0.4 is 4.74 Å². The Morgan fingerprint density at radius 2 is 2.22 bits per heavy atom. The lowest BCUT2D eigenvalue weighted by atomic mass is 9.51. The van der Waals surface area contributed by atoms with E-state index in [0.29, 0.717) is 12.3 Å². The van der Waals surface area contributed by atoms with Crippen LogP contribution in [0.5, 0.6) is 11.5 Å². The number of furan rings is 1. The van der Waals surface area contributed by atoms with Crippen molar-refractivity contribution in [2.24, 2.45) is 5.92 Å². The van der Waals surface area contributed by atoms with E-state index in [1.54, 1.807) is 41.7 Å². The van der Waals surface area contributed by atoms with Gasteiger partial charge in [-0.3, -0.25) is 19.8 Å². The molecule has 1 aromatic heterocycles. The quantitative estimate of drug-likeness (QED) is 0.375. The molecule has 2 bridgehead atoms. The molecular weight excluding hydrogens is 462 g/mol. The van der Waals surface area contributed by atoms with Crippen LogP contribution in [-0.4, -0.2) is 64.1 Å². The van der Waals surface area contributed by atoms with E-state index in [1.165, 1.54) is 0 Å². The number of carbonyl (C=O) groups is 1. The molecule has 9 heteroatoms. The standard InChI is InChI=1S/C27H29N3O6/c1-16(30(33)34)14-29-11-10-27-19-5-6-20(28(2)23(32)8-3-17-9-12-35-15-17)26(27)36-25-22(31)7-4-18(24(25)27)13-21(19)29/h3-4,7-9,12,15,19-21,26,31H,1,5-6,10-11,13-14H2,2H3/t19-,20-,21+,26-,27-/m0/s1. The van der Waals surface area contributed by atoms with E-state index in [2.05, 4.69) is 11.5 Å². The lowest BCUT2D eigenvalue weighted by molar-refractivity contribution is -0.428. The Morgan fingerprint density at radius 1 is 1.39 bits per heavy atom. The maximum atomic E-state index is 13.2. The number of phenolic OH excluding ortho intramolecular Hbond substituents is 1. The van der Waals surface area contributed by atoms with Crippen molar-refractivity contribution < 1.29 is 24.0 Å². The second-order valence-electron chi connectivity index (χ2n) is 10.4. The number of benzene rings is 1. The predicted octanol–water partition coefficient (Wildman–Crippen LogP) is 3.36. The SMILES string of the molecule is C=C(CN1CC[C@]23c4c5ccc(O)c4O[C@H]2[C@@H](N(C)C(=O)C=Cc2ccoc2)CC[C@H]3[C@H]1C5)[N+](=O)[O-]. The van der Waals surface area contributed by atoms with Gasteiger partial charge in [-0.05, 0) is 62.0 Å². The molecule has 4 aliphatic rings. The van der Waals surface area contributed by atoms with Crippen LogP contribution in [0.3, 0.4) is 0 Å². The number of rotatable bonds is 6. The number of amides is 1. The zero-order valence-corrected chi connectivity index (χ0v) is 20.1. The normalized spacial score (nSPS) is 30.0. The number of hydrogen-bond acceptors (Lipinski definition) is 7. The fraction of sp³-hybridized carbons (Fsp3) is 0.444. The molecule has 36 heavy (non-hydrogen) atoms. The second kappa shape index (κ2) is 8.23. The van der Waals surface area contributed by atoms with Crippen molar-refractivity contribution in [1.82, 2.24) is 9.80 Å². The minimum atomic E-state index is -0.396. The van der Waals surface area contributed by atoms with Crippen LogP contribution in [-0.2, 0) is 16.6 Å². The van der Waals surface area contributed by atoms with E-state index in [4.69, 9.17) is 9.15 Å². The van der Waals surface area contributed by atoms with Gasteiger partial charge in [0.15, 0.2) is 11.5 Å². The number of aromatic hydroxyl groups is 1. The molecule has 1 saturated heterocycles. The van der Waals surface area contributed by atoms with E-state index in [1.807, 2.05) is 13.1 Å². The van der Waals surface area contributed by atoms with Gasteiger partial charge in [0.05, 0.1) is 30.0 Å². The average Bonchev–Trinajstić information content (AvgIpc) is 3.50. The highest BCUT2D eigenvalue weighted by Gasteiger charge is 2.66. The molecule has 2 fully saturated rings. The molecule has 1 spiro atoms. The van der Waals surface area contributed by atoms with Crippen LogP contribution in [0.4, 0.5) is 0 Å².